The van der Waals surface area contributed by atoms with Crippen molar-refractivity contribution in [2.75, 3.05) is 7.11 Å². The first-order valence-electron chi connectivity index (χ1n) is 8.68. The number of benzene rings is 3. The SMILES string of the molecule is CCCc1ccc2ccccc2c1.COCc1c(F)c(F)c(C)c(F)c1F. The van der Waals surface area contributed by atoms with Crippen molar-refractivity contribution in [1.29, 1.82) is 0 Å². The quantitative estimate of drug-likeness (QED) is 0.372. The molecule has 1 nitrogen and oxygen atoms in total. The van der Waals surface area contributed by atoms with E-state index in [0.29, 0.717) is 0 Å². The average molecular weight is 378 g/mol. The molecule has 0 fully saturated rings. The van der Waals surface area contributed by atoms with Crippen LogP contribution in [0.5, 0.6) is 0 Å². The zero-order chi connectivity index (χ0) is 20.0. The van der Waals surface area contributed by atoms with Gasteiger partial charge in [-0.25, -0.2) is 17.6 Å². The van der Waals surface area contributed by atoms with Gasteiger partial charge in [-0.15, -0.1) is 0 Å². The summed E-state index contributed by atoms with van der Waals surface area (Å²) in [4.78, 5) is 0. The second-order valence-electron chi connectivity index (χ2n) is 6.22. The van der Waals surface area contributed by atoms with E-state index in [0.717, 1.165) is 6.92 Å². The van der Waals surface area contributed by atoms with Crippen molar-refractivity contribution in [3.63, 3.8) is 0 Å². The largest absolute Gasteiger partial charge is 0.380 e. The Morgan fingerprint density at radius 1 is 0.815 bits per heavy atom. The van der Waals surface area contributed by atoms with Crippen molar-refractivity contribution in [3.8, 4) is 0 Å². The van der Waals surface area contributed by atoms with Crippen LogP contribution in [0, 0.1) is 30.2 Å². The number of ether oxygens (including phenoxy) is 1. The molecule has 0 heterocycles. The minimum absolute atomic E-state index is 0.508. The van der Waals surface area contributed by atoms with E-state index in [1.165, 1.54) is 36.3 Å². The van der Waals surface area contributed by atoms with Crippen molar-refractivity contribution in [3.05, 3.63) is 82.4 Å². The van der Waals surface area contributed by atoms with Gasteiger partial charge in [-0.2, -0.15) is 0 Å². The molecule has 0 unspecified atom stereocenters. The van der Waals surface area contributed by atoms with Gasteiger partial charge in [0.05, 0.1) is 12.2 Å². The second kappa shape index (κ2) is 9.51. The van der Waals surface area contributed by atoms with Crippen LogP contribution in [-0.4, -0.2) is 7.11 Å². The van der Waals surface area contributed by atoms with Gasteiger partial charge >= 0.3 is 0 Å². The van der Waals surface area contributed by atoms with Crippen LogP contribution in [-0.2, 0) is 17.8 Å². The van der Waals surface area contributed by atoms with Gasteiger partial charge in [0, 0.05) is 12.7 Å². The summed E-state index contributed by atoms with van der Waals surface area (Å²) in [6, 6.07) is 15.2. The lowest BCUT2D eigenvalue weighted by Gasteiger charge is -2.08. The molecule has 3 rings (SSSR count). The maximum Gasteiger partial charge on any atom is 0.167 e. The highest BCUT2D eigenvalue weighted by Gasteiger charge is 2.22. The Labute approximate surface area is 156 Å². The third-order valence-electron chi connectivity index (χ3n) is 4.22. The molecule has 144 valence electrons. The van der Waals surface area contributed by atoms with E-state index in [1.807, 2.05) is 0 Å². The lowest BCUT2D eigenvalue weighted by molar-refractivity contribution is 0.175. The van der Waals surface area contributed by atoms with Crippen LogP contribution in [0.3, 0.4) is 0 Å². The summed E-state index contributed by atoms with van der Waals surface area (Å²) >= 11 is 0. The van der Waals surface area contributed by atoms with Crippen molar-refractivity contribution in [1.82, 2.24) is 0 Å². The molecule has 0 aromatic heterocycles. The molecule has 27 heavy (non-hydrogen) atoms. The fraction of sp³-hybridized carbons (Fsp3) is 0.273. The van der Waals surface area contributed by atoms with Crippen molar-refractivity contribution >= 4 is 10.8 Å². The molecule has 3 aromatic carbocycles. The van der Waals surface area contributed by atoms with E-state index in [2.05, 4.69) is 54.1 Å². The van der Waals surface area contributed by atoms with E-state index >= 15 is 0 Å². The zero-order valence-corrected chi connectivity index (χ0v) is 15.6. The third-order valence-corrected chi connectivity index (χ3v) is 4.22. The van der Waals surface area contributed by atoms with Crippen molar-refractivity contribution in [2.24, 2.45) is 0 Å². The number of fused-ring (bicyclic) bond motifs is 1. The highest BCUT2D eigenvalue weighted by Crippen LogP contribution is 2.23. The summed E-state index contributed by atoms with van der Waals surface area (Å²) in [7, 11) is 1.18. The molecule has 0 spiro atoms. The summed E-state index contributed by atoms with van der Waals surface area (Å²) in [5.41, 5.74) is 0.0501. The third kappa shape index (κ3) is 4.86. The van der Waals surface area contributed by atoms with E-state index < -0.39 is 41.0 Å². The maximum absolute atomic E-state index is 13.0. The summed E-state index contributed by atoms with van der Waals surface area (Å²) in [6.07, 6.45) is 2.41. The number of rotatable bonds is 4. The highest BCUT2D eigenvalue weighted by molar-refractivity contribution is 5.82. The molecule has 0 aliphatic carbocycles. The first kappa shape index (κ1) is 20.9. The minimum atomic E-state index is -1.40. The number of hydrogen-bond donors (Lipinski definition) is 0. The average Bonchev–Trinajstić information content (AvgIpc) is 2.69. The predicted octanol–water partition coefficient (Wildman–Crippen LogP) is 6.49. The first-order valence-corrected chi connectivity index (χ1v) is 8.68. The molecule has 0 saturated heterocycles. The monoisotopic (exact) mass is 378 g/mol. The molecule has 0 amide bonds. The van der Waals surface area contributed by atoms with E-state index in [-0.39, 0.29) is 0 Å². The van der Waals surface area contributed by atoms with E-state index in [9.17, 15) is 17.6 Å². The van der Waals surface area contributed by atoms with Gasteiger partial charge in [0.1, 0.15) is 0 Å². The van der Waals surface area contributed by atoms with Crippen LogP contribution in [0.25, 0.3) is 10.8 Å². The molecular formula is C22H22F4O. The van der Waals surface area contributed by atoms with Crippen molar-refractivity contribution < 1.29 is 22.3 Å². The number of halogens is 4. The normalized spacial score (nSPS) is 10.6. The van der Waals surface area contributed by atoms with Crippen LogP contribution >= 0.6 is 0 Å². The molecular weight excluding hydrogens is 356 g/mol. The second-order valence-corrected chi connectivity index (χ2v) is 6.22. The minimum Gasteiger partial charge on any atom is -0.380 e. The van der Waals surface area contributed by atoms with Crippen LogP contribution < -0.4 is 0 Å². The molecule has 0 radical (unpaired) electrons. The summed E-state index contributed by atoms with van der Waals surface area (Å²) < 4.78 is 56.3. The van der Waals surface area contributed by atoms with Gasteiger partial charge in [-0.05, 0) is 29.7 Å². The highest BCUT2D eigenvalue weighted by atomic mass is 19.2. The Morgan fingerprint density at radius 3 is 1.96 bits per heavy atom. The maximum atomic E-state index is 13.0. The van der Waals surface area contributed by atoms with Crippen molar-refractivity contribution in [2.45, 2.75) is 33.3 Å². The molecule has 5 heteroatoms. The standard InChI is InChI=1S/C13H14.C9H8F4O/c1-2-5-11-8-9-12-6-3-4-7-13(12)10-11;1-4-6(10)8(12)5(3-14-2)9(13)7(4)11/h3-4,6-10H,2,5H2,1H3;3H2,1-2H3. The Kier molecular flexibility index (Phi) is 7.36. The lowest BCUT2D eigenvalue weighted by Crippen LogP contribution is -2.06. The predicted molar refractivity (Wildman–Crippen MR) is 99.7 cm³/mol. The lowest BCUT2D eigenvalue weighted by atomic mass is 10.0. The molecule has 3 aromatic rings. The molecule has 0 aliphatic rings. The van der Waals surface area contributed by atoms with Crippen LogP contribution in [0.1, 0.15) is 30.0 Å². The van der Waals surface area contributed by atoms with E-state index in [1.54, 1.807) is 0 Å². The van der Waals surface area contributed by atoms with E-state index in [4.69, 9.17) is 0 Å². The number of hydrogen-bond acceptors (Lipinski definition) is 1. The molecule has 0 bridgehead atoms. The van der Waals surface area contributed by atoms with Gasteiger partial charge in [0.2, 0.25) is 0 Å². The Morgan fingerprint density at radius 2 is 1.41 bits per heavy atom. The molecule has 0 N–H and O–H groups in total. The fourth-order valence-electron chi connectivity index (χ4n) is 2.74. The van der Waals surface area contributed by atoms with Crippen LogP contribution in [0.15, 0.2) is 42.5 Å². The van der Waals surface area contributed by atoms with Gasteiger partial charge < -0.3 is 4.74 Å². The molecule has 0 saturated carbocycles. The van der Waals surface area contributed by atoms with Crippen LogP contribution in [0.2, 0.25) is 0 Å². The molecule has 0 aliphatic heterocycles. The fourth-order valence-corrected chi connectivity index (χ4v) is 2.74. The Hall–Kier alpha value is -2.40. The summed E-state index contributed by atoms with van der Waals surface area (Å²) in [5.74, 6) is -5.56. The number of methoxy groups -OCH3 is 1. The zero-order valence-electron chi connectivity index (χ0n) is 15.6. The number of aryl methyl sites for hydroxylation is 1. The van der Waals surface area contributed by atoms with Gasteiger partial charge in [0.15, 0.2) is 23.3 Å². The topological polar surface area (TPSA) is 9.23 Å². The molecule has 0 atom stereocenters. The Balaban J connectivity index is 0.000000194. The summed E-state index contributed by atoms with van der Waals surface area (Å²) in [6.45, 7) is 2.67. The van der Waals surface area contributed by atoms with Gasteiger partial charge in [0.25, 0.3) is 0 Å². The summed E-state index contributed by atoms with van der Waals surface area (Å²) in [5, 5.41) is 2.69. The smallest absolute Gasteiger partial charge is 0.167 e. The van der Waals surface area contributed by atoms with Crippen LogP contribution in [0.4, 0.5) is 17.6 Å². The van der Waals surface area contributed by atoms with Gasteiger partial charge in [-0.3, -0.25) is 0 Å². The first-order chi connectivity index (χ1) is 12.9. The van der Waals surface area contributed by atoms with Gasteiger partial charge in [-0.1, -0.05) is 55.8 Å². The Bertz CT molecular complexity index is 893.